The minimum absolute atomic E-state index is 0.728. The van der Waals surface area contributed by atoms with Crippen molar-refractivity contribution >= 4 is 45.5 Å². The number of hydrogen-bond donors (Lipinski definition) is 2. The van der Waals surface area contributed by atoms with Crippen molar-refractivity contribution in [1.82, 2.24) is 0 Å². The van der Waals surface area contributed by atoms with Gasteiger partial charge in [-0.15, -0.1) is 0 Å². The van der Waals surface area contributed by atoms with E-state index in [-0.39, 0.29) is 0 Å². The highest BCUT2D eigenvalue weighted by molar-refractivity contribution is 5.87. The van der Waals surface area contributed by atoms with Crippen molar-refractivity contribution < 1.29 is 4.74 Å². The number of anilines is 8. The van der Waals surface area contributed by atoms with Gasteiger partial charge in [0.2, 0.25) is 0 Å². The van der Waals surface area contributed by atoms with Crippen molar-refractivity contribution in [3.05, 3.63) is 121 Å². The Morgan fingerprint density at radius 2 is 0.886 bits per heavy atom. The highest BCUT2D eigenvalue weighted by Crippen LogP contribution is 2.50. The first-order valence-electron chi connectivity index (χ1n) is 11.4. The van der Waals surface area contributed by atoms with Gasteiger partial charge in [-0.25, -0.2) is 0 Å². The van der Waals surface area contributed by atoms with Crippen molar-refractivity contribution in [3.63, 3.8) is 0 Å². The molecule has 0 saturated carbocycles. The Morgan fingerprint density at radius 1 is 0.486 bits per heavy atom. The van der Waals surface area contributed by atoms with E-state index in [1.807, 2.05) is 84.9 Å². The van der Waals surface area contributed by atoms with E-state index in [2.05, 4.69) is 46.2 Å². The Hall–Kier alpha value is -4.90. The van der Waals surface area contributed by atoms with Gasteiger partial charge in [-0.3, -0.25) is 0 Å². The first kappa shape index (κ1) is 20.7. The molecule has 6 rings (SSSR count). The van der Waals surface area contributed by atoms with Crippen LogP contribution >= 0.6 is 0 Å². The third kappa shape index (κ3) is 3.79. The van der Waals surface area contributed by atoms with Gasteiger partial charge in [-0.2, -0.15) is 0 Å². The van der Waals surface area contributed by atoms with Crippen molar-refractivity contribution in [1.29, 1.82) is 0 Å². The van der Waals surface area contributed by atoms with E-state index < -0.39 is 0 Å². The number of nitrogen functional groups attached to an aromatic ring is 2. The van der Waals surface area contributed by atoms with Crippen LogP contribution < -0.4 is 26.0 Å². The molecule has 0 aliphatic carbocycles. The molecule has 5 nitrogen and oxygen atoms in total. The van der Waals surface area contributed by atoms with Crippen LogP contribution in [0.2, 0.25) is 0 Å². The van der Waals surface area contributed by atoms with Crippen LogP contribution in [0.5, 0.6) is 11.5 Å². The van der Waals surface area contributed by atoms with Gasteiger partial charge in [0.25, 0.3) is 0 Å². The summed E-state index contributed by atoms with van der Waals surface area (Å²) >= 11 is 0. The van der Waals surface area contributed by atoms with Gasteiger partial charge in [-0.05, 0) is 97.1 Å². The Kier molecular flexibility index (Phi) is 5.00. The Bertz CT molecular complexity index is 1390. The van der Waals surface area contributed by atoms with Gasteiger partial charge in [0, 0.05) is 34.1 Å². The molecule has 5 heteroatoms. The lowest BCUT2D eigenvalue weighted by molar-refractivity contribution is 0.477. The molecule has 0 saturated heterocycles. The molecule has 35 heavy (non-hydrogen) atoms. The molecule has 1 aliphatic heterocycles. The van der Waals surface area contributed by atoms with Crippen LogP contribution in [0.1, 0.15) is 0 Å². The maximum Gasteiger partial charge on any atom is 0.151 e. The lowest BCUT2D eigenvalue weighted by atomic mass is 10.1. The van der Waals surface area contributed by atoms with Gasteiger partial charge in [-0.1, -0.05) is 24.3 Å². The molecule has 1 aliphatic rings. The van der Waals surface area contributed by atoms with E-state index >= 15 is 0 Å². The van der Waals surface area contributed by atoms with Gasteiger partial charge in [0.05, 0.1) is 11.4 Å². The van der Waals surface area contributed by atoms with E-state index in [1.165, 1.54) is 0 Å². The number of benzene rings is 5. The number of nitrogens with zero attached hydrogens (tertiary/aromatic N) is 2. The molecule has 0 unspecified atom stereocenters. The first-order chi connectivity index (χ1) is 17.2. The molecule has 0 radical (unpaired) electrons. The molecule has 5 aromatic rings. The summed E-state index contributed by atoms with van der Waals surface area (Å²) in [6.07, 6.45) is 0. The number of hydrogen-bond acceptors (Lipinski definition) is 5. The zero-order valence-corrected chi connectivity index (χ0v) is 19.0. The van der Waals surface area contributed by atoms with Crippen LogP contribution in [0.3, 0.4) is 0 Å². The Morgan fingerprint density at radius 3 is 1.34 bits per heavy atom. The monoisotopic (exact) mass is 456 g/mol. The number of para-hydroxylation sites is 4. The molecule has 0 amide bonds. The second kappa shape index (κ2) is 8.47. The van der Waals surface area contributed by atoms with E-state index in [4.69, 9.17) is 16.2 Å². The molecule has 1 heterocycles. The van der Waals surface area contributed by atoms with Crippen molar-refractivity contribution in [2.24, 2.45) is 0 Å². The fraction of sp³-hybridized carbons (Fsp3) is 0. The molecule has 0 bridgehead atoms. The number of rotatable bonds is 4. The number of nitrogens with two attached hydrogens (primary N) is 2. The lowest BCUT2D eigenvalue weighted by Gasteiger charge is -2.33. The van der Waals surface area contributed by atoms with Crippen molar-refractivity contribution in [2.45, 2.75) is 0 Å². The second-order valence-electron chi connectivity index (χ2n) is 8.41. The lowest BCUT2D eigenvalue weighted by Crippen LogP contribution is -2.16. The predicted octanol–water partition coefficient (Wildman–Crippen LogP) is 7.90. The van der Waals surface area contributed by atoms with Crippen LogP contribution in [-0.2, 0) is 0 Å². The van der Waals surface area contributed by atoms with Crippen LogP contribution in [0.25, 0.3) is 0 Å². The normalized spacial score (nSPS) is 11.8. The summed E-state index contributed by atoms with van der Waals surface area (Å²) in [5.41, 5.74) is 19.5. The molecule has 0 spiro atoms. The van der Waals surface area contributed by atoms with E-state index in [0.717, 1.165) is 57.0 Å². The third-order valence-electron chi connectivity index (χ3n) is 6.10. The summed E-state index contributed by atoms with van der Waals surface area (Å²) in [5, 5.41) is 0. The van der Waals surface area contributed by atoms with Crippen molar-refractivity contribution in [2.75, 3.05) is 21.3 Å². The van der Waals surface area contributed by atoms with Crippen molar-refractivity contribution in [3.8, 4) is 11.5 Å². The minimum Gasteiger partial charge on any atom is -0.453 e. The number of ether oxygens (including phenoxy) is 1. The third-order valence-corrected chi connectivity index (χ3v) is 6.10. The average molecular weight is 457 g/mol. The molecule has 5 aromatic carbocycles. The average Bonchev–Trinajstić information content (AvgIpc) is 2.90. The number of fused-ring (bicyclic) bond motifs is 2. The molecule has 4 N–H and O–H groups in total. The minimum atomic E-state index is 0.728. The SMILES string of the molecule is Nc1ccc(N(c2ccc(N)cc2)c2ccc(N3c4ccccc4Oc4ccccc43)cc2)cc1. The molecule has 0 fully saturated rings. The topological polar surface area (TPSA) is 67.8 Å². The highest BCUT2D eigenvalue weighted by Gasteiger charge is 2.25. The standard InChI is InChI=1S/C30H24N4O/c31-21-9-13-23(14-10-21)33(24-15-11-22(32)12-16-24)25-17-19-26(20-18-25)34-27-5-1-3-7-29(27)35-30-8-4-2-6-28(30)34/h1-20H,31-32H2. The zero-order valence-electron chi connectivity index (χ0n) is 19.0. The summed E-state index contributed by atoms with van der Waals surface area (Å²) in [6.45, 7) is 0. The summed E-state index contributed by atoms with van der Waals surface area (Å²) in [6, 6.07) is 40.5. The summed E-state index contributed by atoms with van der Waals surface area (Å²) in [7, 11) is 0. The van der Waals surface area contributed by atoms with Crippen LogP contribution in [0.15, 0.2) is 121 Å². The summed E-state index contributed by atoms with van der Waals surface area (Å²) in [5.74, 6) is 1.67. The van der Waals surface area contributed by atoms with Crippen LogP contribution in [0, 0.1) is 0 Å². The molecular formula is C30H24N4O. The second-order valence-corrected chi connectivity index (χ2v) is 8.41. The fourth-order valence-corrected chi connectivity index (χ4v) is 4.43. The predicted molar refractivity (Wildman–Crippen MR) is 145 cm³/mol. The Labute approximate surface area is 204 Å². The van der Waals surface area contributed by atoms with Gasteiger partial charge >= 0.3 is 0 Å². The van der Waals surface area contributed by atoms with E-state index in [9.17, 15) is 0 Å². The summed E-state index contributed by atoms with van der Waals surface area (Å²) in [4.78, 5) is 4.42. The molecule has 0 aromatic heterocycles. The van der Waals surface area contributed by atoms with Crippen LogP contribution in [-0.4, -0.2) is 0 Å². The molecule has 0 atom stereocenters. The fourth-order valence-electron chi connectivity index (χ4n) is 4.43. The summed E-state index contributed by atoms with van der Waals surface area (Å²) < 4.78 is 6.16. The van der Waals surface area contributed by atoms with E-state index in [0.29, 0.717) is 0 Å². The Balaban J connectivity index is 1.44. The van der Waals surface area contributed by atoms with E-state index in [1.54, 1.807) is 0 Å². The first-order valence-corrected chi connectivity index (χ1v) is 11.4. The van der Waals surface area contributed by atoms with Crippen LogP contribution in [0.4, 0.5) is 45.5 Å². The van der Waals surface area contributed by atoms with Gasteiger partial charge in [0.15, 0.2) is 11.5 Å². The quantitative estimate of drug-likeness (QED) is 0.264. The maximum absolute atomic E-state index is 6.16. The highest BCUT2D eigenvalue weighted by atomic mass is 16.5. The smallest absolute Gasteiger partial charge is 0.151 e. The van der Waals surface area contributed by atoms with Gasteiger partial charge < -0.3 is 26.0 Å². The maximum atomic E-state index is 6.16. The largest absolute Gasteiger partial charge is 0.453 e. The van der Waals surface area contributed by atoms with Gasteiger partial charge in [0.1, 0.15) is 0 Å². The zero-order chi connectivity index (χ0) is 23.8. The molecular weight excluding hydrogens is 432 g/mol. The molecule has 170 valence electrons.